The zero-order chi connectivity index (χ0) is 17.9. The van der Waals surface area contributed by atoms with Gasteiger partial charge in [-0.1, -0.05) is 11.6 Å². The van der Waals surface area contributed by atoms with Crippen molar-refractivity contribution >= 4 is 46.8 Å². The number of hydrogen-bond donors (Lipinski definition) is 1. The van der Waals surface area contributed by atoms with Crippen molar-refractivity contribution in [2.24, 2.45) is 0 Å². The highest BCUT2D eigenvalue weighted by molar-refractivity contribution is 7.80. The van der Waals surface area contributed by atoms with Crippen molar-refractivity contribution in [1.82, 2.24) is 10.2 Å². The highest BCUT2D eigenvalue weighted by atomic mass is 35.5. The number of halogens is 1. The topological polar surface area (TPSA) is 67.9 Å². The monoisotopic (exact) mass is 368 g/mol. The van der Waals surface area contributed by atoms with Gasteiger partial charge in [0, 0.05) is 6.54 Å². The number of amides is 2. The maximum Gasteiger partial charge on any atom is 0.265 e. The summed E-state index contributed by atoms with van der Waals surface area (Å²) in [5, 5.41) is 2.93. The Balaban J connectivity index is 2.46. The van der Waals surface area contributed by atoms with Crippen LogP contribution in [0.3, 0.4) is 0 Å². The third kappa shape index (κ3) is 3.52. The van der Waals surface area contributed by atoms with Gasteiger partial charge in [-0.3, -0.25) is 19.8 Å². The Hall–Kier alpha value is -2.12. The van der Waals surface area contributed by atoms with E-state index in [0.29, 0.717) is 35.2 Å². The lowest BCUT2D eigenvalue weighted by Crippen LogP contribution is -2.53. The maximum absolute atomic E-state index is 12.4. The maximum atomic E-state index is 12.4. The lowest BCUT2D eigenvalue weighted by molar-refractivity contribution is -0.128. The number of thiocarbonyl (C=S) groups is 1. The van der Waals surface area contributed by atoms with E-state index in [4.69, 9.17) is 33.3 Å². The molecule has 6 nitrogen and oxygen atoms in total. The van der Waals surface area contributed by atoms with E-state index in [0.717, 1.165) is 0 Å². The first-order valence-corrected chi connectivity index (χ1v) is 8.10. The molecular weight excluding hydrogens is 352 g/mol. The van der Waals surface area contributed by atoms with E-state index in [9.17, 15) is 9.59 Å². The van der Waals surface area contributed by atoms with Gasteiger partial charge in [-0.2, -0.15) is 0 Å². The van der Waals surface area contributed by atoms with Crippen molar-refractivity contribution in [3.05, 3.63) is 28.3 Å². The molecule has 1 saturated heterocycles. The molecule has 0 spiro atoms. The third-order valence-electron chi connectivity index (χ3n) is 3.35. The van der Waals surface area contributed by atoms with Gasteiger partial charge in [0.1, 0.15) is 5.57 Å². The zero-order valence-corrected chi connectivity index (χ0v) is 15.1. The molecule has 1 aliphatic heterocycles. The number of hydrogen-bond acceptors (Lipinski definition) is 5. The van der Waals surface area contributed by atoms with Crippen LogP contribution >= 0.6 is 23.8 Å². The van der Waals surface area contributed by atoms with Crippen molar-refractivity contribution in [1.29, 1.82) is 0 Å². The van der Waals surface area contributed by atoms with Crippen LogP contribution in [0.25, 0.3) is 6.08 Å². The minimum atomic E-state index is -0.543. The molecule has 0 saturated carbocycles. The smallest absolute Gasteiger partial charge is 0.265 e. The molecule has 1 fully saturated rings. The SMILES string of the molecule is CCOc1c(Cl)cc(/C=C2\C(=O)NC(=S)N(CC)C2=O)cc1OC. The fourth-order valence-corrected chi connectivity index (χ4v) is 2.83. The average Bonchev–Trinajstić information content (AvgIpc) is 2.54. The second-order valence-electron chi connectivity index (χ2n) is 4.83. The molecule has 1 N–H and O–H groups in total. The molecular formula is C16H17ClN2O4S. The first-order chi connectivity index (χ1) is 11.4. The average molecular weight is 369 g/mol. The number of benzene rings is 1. The van der Waals surface area contributed by atoms with Crippen molar-refractivity contribution in [2.75, 3.05) is 20.3 Å². The summed E-state index contributed by atoms with van der Waals surface area (Å²) >= 11 is 11.2. The van der Waals surface area contributed by atoms with Gasteiger partial charge in [0.05, 0.1) is 18.7 Å². The summed E-state index contributed by atoms with van der Waals surface area (Å²) in [6, 6.07) is 3.25. The molecule has 24 heavy (non-hydrogen) atoms. The molecule has 0 bridgehead atoms. The van der Waals surface area contributed by atoms with Crippen LogP contribution in [0.2, 0.25) is 5.02 Å². The Morgan fingerprint density at radius 1 is 1.33 bits per heavy atom. The molecule has 1 aliphatic rings. The molecule has 1 aromatic carbocycles. The van der Waals surface area contributed by atoms with E-state index < -0.39 is 11.8 Å². The summed E-state index contributed by atoms with van der Waals surface area (Å²) in [5.41, 5.74) is 0.524. The van der Waals surface area contributed by atoms with Gasteiger partial charge in [-0.25, -0.2) is 0 Å². The van der Waals surface area contributed by atoms with E-state index in [2.05, 4.69) is 5.32 Å². The van der Waals surface area contributed by atoms with Gasteiger partial charge in [0.15, 0.2) is 16.6 Å². The molecule has 1 aromatic rings. The minimum Gasteiger partial charge on any atom is -0.493 e. The standard InChI is InChI=1S/C16H17ClN2O4S/c1-4-19-15(21)10(14(20)18-16(19)24)6-9-7-11(17)13(23-5-2)12(8-9)22-3/h6-8H,4-5H2,1-3H3,(H,18,20,24)/b10-6+. The van der Waals surface area contributed by atoms with Crippen LogP contribution in [0, 0.1) is 0 Å². The number of likely N-dealkylation sites (N-methyl/N-ethyl adjacent to an activating group) is 1. The zero-order valence-electron chi connectivity index (χ0n) is 13.5. The highest BCUT2D eigenvalue weighted by Gasteiger charge is 2.32. The van der Waals surface area contributed by atoms with Crippen LogP contribution in [-0.2, 0) is 9.59 Å². The number of carbonyl (C=O) groups is 2. The van der Waals surface area contributed by atoms with Gasteiger partial charge in [-0.15, -0.1) is 0 Å². The molecule has 0 unspecified atom stereocenters. The predicted octanol–water partition coefficient (Wildman–Crippen LogP) is 2.39. The number of nitrogens with zero attached hydrogens (tertiary/aromatic N) is 1. The molecule has 128 valence electrons. The Labute approximate surface area is 150 Å². The summed E-state index contributed by atoms with van der Waals surface area (Å²) in [6.07, 6.45) is 1.45. The molecule has 8 heteroatoms. The Bertz CT molecular complexity index is 733. The largest absolute Gasteiger partial charge is 0.493 e. The van der Waals surface area contributed by atoms with E-state index in [1.54, 1.807) is 19.1 Å². The number of carbonyl (C=O) groups excluding carboxylic acids is 2. The van der Waals surface area contributed by atoms with Gasteiger partial charge in [0.2, 0.25) is 0 Å². The Morgan fingerprint density at radius 2 is 2.04 bits per heavy atom. The molecule has 0 atom stereocenters. The fourth-order valence-electron chi connectivity index (χ4n) is 2.26. The van der Waals surface area contributed by atoms with Crippen LogP contribution < -0.4 is 14.8 Å². The quantitative estimate of drug-likeness (QED) is 0.491. The van der Waals surface area contributed by atoms with Gasteiger partial charge in [-0.05, 0) is 49.8 Å². The summed E-state index contributed by atoms with van der Waals surface area (Å²) in [7, 11) is 1.49. The predicted molar refractivity (Wildman–Crippen MR) is 95.3 cm³/mol. The summed E-state index contributed by atoms with van der Waals surface area (Å²) in [6.45, 7) is 4.40. The van der Waals surface area contributed by atoms with E-state index >= 15 is 0 Å². The van der Waals surface area contributed by atoms with Gasteiger partial charge < -0.3 is 9.47 Å². The van der Waals surface area contributed by atoms with Crippen molar-refractivity contribution in [2.45, 2.75) is 13.8 Å². The number of ether oxygens (including phenoxy) is 2. The van der Waals surface area contributed by atoms with Crippen LogP contribution in [0.1, 0.15) is 19.4 Å². The van der Waals surface area contributed by atoms with E-state index in [-0.39, 0.29) is 10.7 Å². The molecule has 2 rings (SSSR count). The second kappa shape index (κ2) is 7.63. The lowest BCUT2D eigenvalue weighted by Gasteiger charge is -2.27. The van der Waals surface area contributed by atoms with E-state index in [1.807, 2.05) is 6.92 Å². The van der Waals surface area contributed by atoms with Crippen LogP contribution in [0.5, 0.6) is 11.5 Å². The number of methoxy groups -OCH3 is 1. The van der Waals surface area contributed by atoms with Crippen molar-refractivity contribution in [3.63, 3.8) is 0 Å². The molecule has 0 aliphatic carbocycles. The van der Waals surface area contributed by atoms with E-state index in [1.165, 1.54) is 18.1 Å². The molecule has 0 aromatic heterocycles. The first kappa shape index (κ1) is 18.2. The highest BCUT2D eigenvalue weighted by Crippen LogP contribution is 2.37. The first-order valence-electron chi connectivity index (χ1n) is 7.32. The molecule has 2 amide bonds. The Kier molecular flexibility index (Phi) is 5.80. The van der Waals surface area contributed by atoms with Crippen LogP contribution in [-0.4, -0.2) is 42.1 Å². The van der Waals surface area contributed by atoms with Crippen molar-refractivity contribution in [3.8, 4) is 11.5 Å². The van der Waals surface area contributed by atoms with Crippen LogP contribution in [0.15, 0.2) is 17.7 Å². The fraction of sp³-hybridized carbons (Fsp3) is 0.312. The molecule has 1 heterocycles. The van der Waals surface area contributed by atoms with Crippen LogP contribution in [0.4, 0.5) is 0 Å². The second-order valence-corrected chi connectivity index (χ2v) is 5.63. The summed E-state index contributed by atoms with van der Waals surface area (Å²) in [5.74, 6) is -0.156. The number of rotatable bonds is 5. The summed E-state index contributed by atoms with van der Waals surface area (Å²) in [4.78, 5) is 25.8. The van der Waals surface area contributed by atoms with Gasteiger partial charge >= 0.3 is 0 Å². The minimum absolute atomic E-state index is 0.0206. The number of nitrogens with one attached hydrogen (secondary N) is 1. The summed E-state index contributed by atoms with van der Waals surface area (Å²) < 4.78 is 10.7. The normalized spacial score (nSPS) is 16.4. The molecule has 0 radical (unpaired) electrons. The van der Waals surface area contributed by atoms with Gasteiger partial charge in [0.25, 0.3) is 11.8 Å². The lowest BCUT2D eigenvalue weighted by atomic mass is 10.1. The Morgan fingerprint density at radius 3 is 2.62 bits per heavy atom. The van der Waals surface area contributed by atoms with Crippen molar-refractivity contribution < 1.29 is 19.1 Å². The third-order valence-corrected chi connectivity index (χ3v) is 3.96.